The Balaban J connectivity index is 1.66. The van der Waals surface area contributed by atoms with Crippen molar-refractivity contribution in [2.24, 2.45) is 11.7 Å². The quantitative estimate of drug-likeness (QED) is 0.563. The minimum Gasteiger partial charge on any atom is -0.461 e. The molecule has 0 saturated carbocycles. The number of nitrogens with two attached hydrogens (primary N) is 1. The van der Waals surface area contributed by atoms with Crippen LogP contribution >= 0.6 is 11.8 Å². The number of thioether (sulfide) groups is 1. The van der Waals surface area contributed by atoms with E-state index in [0.717, 1.165) is 0 Å². The van der Waals surface area contributed by atoms with Gasteiger partial charge in [0.2, 0.25) is 11.8 Å². The summed E-state index contributed by atoms with van der Waals surface area (Å²) in [6, 6.07) is 10.0. The predicted octanol–water partition coefficient (Wildman–Crippen LogP) is 3.02. The number of carbonyl (C=O) groups is 2. The monoisotopic (exact) mass is 399 g/mol. The number of furan rings is 1. The number of anilines is 1. The van der Waals surface area contributed by atoms with E-state index >= 15 is 0 Å². The van der Waals surface area contributed by atoms with Gasteiger partial charge < -0.3 is 15.5 Å². The van der Waals surface area contributed by atoms with Gasteiger partial charge in [-0.1, -0.05) is 25.6 Å². The van der Waals surface area contributed by atoms with Crippen molar-refractivity contribution < 1.29 is 14.0 Å². The predicted molar refractivity (Wildman–Crippen MR) is 107 cm³/mol. The van der Waals surface area contributed by atoms with E-state index in [0.29, 0.717) is 40.5 Å². The highest BCUT2D eigenvalue weighted by Crippen LogP contribution is 2.25. The van der Waals surface area contributed by atoms with Crippen molar-refractivity contribution in [3.8, 4) is 11.6 Å². The van der Waals surface area contributed by atoms with Crippen molar-refractivity contribution >= 4 is 29.3 Å². The molecular weight excluding hydrogens is 378 g/mol. The molecule has 2 heterocycles. The van der Waals surface area contributed by atoms with Crippen LogP contribution in [0, 0.1) is 5.92 Å². The number of amides is 2. The van der Waals surface area contributed by atoms with Gasteiger partial charge in [-0.2, -0.15) is 0 Å². The lowest BCUT2D eigenvalue weighted by molar-refractivity contribution is -0.113. The molecule has 8 nitrogen and oxygen atoms in total. The molecule has 0 saturated heterocycles. The van der Waals surface area contributed by atoms with Gasteiger partial charge >= 0.3 is 0 Å². The van der Waals surface area contributed by atoms with Gasteiger partial charge in [-0.15, -0.1) is 10.2 Å². The van der Waals surface area contributed by atoms with E-state index < -0.39 is 5.91 Å². The minimum atomic E-state index is -0.509. The summed E-state index contributed by atoms with van der Waals surface area (Å²) in [5.41, 5.74) is 6.19. The van der Waals surface area contributed by atoms with E-state index in [4.69, 9.17) is 10.2 Å². The molecule has 0 fully saturated rings. The number of carbonyl (C=O) groups excluding carboxylic acids is 2. The summed E-state index contributed by atoms with van der Waals surface area (Å²) < 4.78 is 7.40. The average Bonchev–Trinajstić information content (AvgIpc) is 3.30. The van der Waals surface area contributed by atoms with Crippen LogP contribution in [0.15, 0.2) is 52.2 Å². The van der Waals surface area contributed by atoms with Gasteiger partial charge in [0, 0.05) is 17.8 Å². The molecule has 9 heteroatoms. The van der Waals surface area contributed by atoms with E-state index in [-0.39, 0.29) is 11.7 Å². The first-order valence-corrected chi connectivity index (χ1v) is 9.72. The van der Waals surface area contributed by atoms with E-state index in [9.17, 15) is 9.59 Å². The maximum absolute atomic E-state index is 12.3. The fourth-order valence-electron chi connectivity index (χ4n) is 2.56. The summed E-state index contributed by atoms with van der Waals surface area (Å²) in [4.78, 5) is 23.4. The lowest BCUT2D eigenvalue weighted by Gasteiger charge is -2.11. The highest BCUT2D eigenvalue weighted by molar-refractivity contribution is 7.99. The van der Waals surface area contributed by atoms with Crippen LogP contribution in [0.25, 0.3) is 11.6 Å². The normalized spacial score (nSPS) is 11.0. The number of aromatic nitrogens is 3. The van der Waals surface area contributed by atoms with E-state index in [2.05, 4.69) is 29.4 Å². The number of hydrogen-bond acceptors (Lipinski definition) is 6. The van der Waals surface area contributed by atoms with Crippen molar-refractivity contribution in [3.63, 3.8) is 0 Å². The Morgan fingerprint density at radius 3 is 2.57 bits per heavy atom. The second kappa shape index (κ2) is 8.75. The van der Waals surface area contributed by atoms with Crippen molar-refractivity contribution in [1.29, 1.82) is 0 Å². The lowest BCUT2D eigenvalue weighted by atomic mass is 10.2. The molecule has 3 N–H and O–H groups in total. The molecule has 0 aliphatic rings. The number of hydrogen-bond donors (Lipinski definition) is 2. The van der Waals surface area contributed by atoms with Crippen LogP contribution in [0.3, 0.4) is 0 Å². The number of nitrogens with zero attached hydrogens (tertiary/aromatic N) is 3. The zero-order chi connectivity index (χ0) is 20.1. The van der Waals surface area contributed by atoms with Gasteiger partial charge in [0.1, 0.15) is 0 Å². The summed E-state index contributed by atoms with van der Waals surface area (Å²) in [5, 5.41) is 11.9. The smallest absolute Gasteiger partial charge is 0.248 e. The Morgan fingerprint density at radius 1 is 1.21 bits per heavy atom. The fraction of sp³-hybridized carbons (Fsp3) is 0.263. The Kier molecular flexibility index (Phi) is 6.15. The fourth-order valence-corrected chi connectivity index (χ4v) is 3.31. The van der Waals surface area contributed by atoms with Gasteiger partial charge in [-0.25, -0.2) is 0 Å². The Bertz CT molecular complexity index is 949. The molecule has 3 aromatic rings. The second-order valence-corrected chi connectivity index (χ2v) is 7.51. The maximum atomic E-state index is 12.3. The summed E-state index contributed by atoms with van der Waals surface area (Å²) >= 11 is 1.30. The molecule has 1 aromatic carbocycles. The van der Waals surface area contributed by atoms with Crippen LogP contribution in [0.5, 0.6) is 0 Å². The largest absolute Gasteiger partial charge is 0.461 e. The summed E-state index contributed by atoms with van der Waals surface area (Å²) in [6.07, 6.45) is 1.59. The van der Waals surface area contributed by atoms with Gasteiger partial charge in [-0.3, -0.25) is 14.2 Å². The third kappa shape index (κ3) is 4.80. The summed E-state index contributed by atoms with van der Waals surface area (Å²) in [5.74, 6) is 1.14. The summed E-state index contributed by atoms with van der Waals surface area (Å²) in [7, 11) is 0. The zero-order valence-electron chi connectivity index (χ0n) is 15.6. The van der Waals surface area contributed by atoms with Crippen molar-refractivity contribution in [2.45, 2.75) is 25.5 Å². The standard InChI is InChI=1S/C19H21N5O3S/c1-12(2)10-24-18(15-4-3-9-27-15)22-23-19(24)28-11-16(25)21-14-7-5-13(6-8-14)17(20)26/h3-9,12H,10-11H2,1-2H3,(H2,20,26)(H,21,25). The Hall–Kier alpha value is -3.07. The molecule has 0 radical (unpaired) electrons. The zero-order valence-corrected chi connectivity index (χ0v) is 16.4. The summed E-state index contributed by atoms with van der Waals surface area (Å²) in [6.45, 7) is 4.91. The lowest BCUT2D eigenvalue weighted by Crippen LogP contribution is -2.16. The average molecular weight is 399 g/mol. The molecule has 2 amide bonds. The SMILES string of the molecule is CC(C)Cn1c(SCC(=O)Nc2ccc(C(N)=O)cc2)nnc1-c1ccco1. The van der Waals surface area contributed by atoms with Crippen LogP contribution < -0.4 is 11.1 Å². The van der Waals surface area contributed by atoms with Gasteiger partial charge in [-0.05, 0) is 42.3 Å². The van der Waals surface area contributed by atoms with E-state index in [1.807, 2.05) is 10.6 Å². The third-order valence-electron chi connectivity index (χ3n) is 3.79. The molecule has 0 aliphatic carbocycles. The van der Waals surface area contributed by atoms with E-state index in [1.165, 1.54) is 11.8 Å². The Labute approximate surface area is 166 Å². The molecule has 0 aliphatic heterocycles. The van der Waals surface area contributed by atoms with Crippen LogP contribution in [-0.4, -0.2) is 32.3 Å². The molecule has 0 atom stereocenters. The Morgan fingerprint density at radius 2 is 1.96 bits per heavy atom. The number of rotatable bonds is 8. The molecular formula is C19H21N5O3S. The molecule has 3 rings (SSSR count). The van der Waals surface area contributed by atoms with Crippen molar-refractivity contribution in [3.05, 3.63) is 48.2 Å². The topological polar surface area (TPSA) is 116 Å². The molecule has 146 valence electrons. The second-order valence-electron chi connectivity index (χ2n) is 6.57. The highest BCUT2D eigenvalue weighted by Gasteiger charge is 2.18. The molecule has 28 heavy (non-hydrogen) atoms. The maximum Gasteiger partial charge on any atom is 0.248 e. The highest BCUT2D eigenvalue weighted by atomic mass is 32.2. The van der Waals surface area contributed by atoms with Crippen LogP contribution in [0.4, 0.5) is 5.69 Å². The van der Waals surface area contributed by atoms with Gasteiger partial charge in [0.25, 0.3) is 0 Å². The molecule has 0 bridgehead atoms. The van der Waals surface area contributed by atoms with Crippen LogP contribution in [0.1, 0.15) is 24.2 Å². The van der Waals surface area contributed by atoms with Gasteiger partial charge in [0.15, 0.2) is 16.7 Å². The van der Waals surface area contributed by atoms with Crippen LogP contribution in [-0.2, 0) is 11.3 Å². The first kappa shape index (κ1) is 19.7. The molecule has 2 aromatic heterocycles. The molecule has 0 unspecified atom stereocenters. The van der Waals surface area contributed by atoms with Crippen LogP contribution in [0.2, 0.25) is 0 Å². The first-order chi connectivity index (χ1) is 13.4. The van der Waals surface area contributed by atoms with E-state index in [1.54, 1.807) is 36.6 Å². The van der Waals surface area contributed by atoms with Gasteiger partial charge in [0.05, 0.1) is 12.0 Å². The number of benzene rings is 1. The van der Waals surface area contributed by atoms with Crippen molar-refractivity contribution in [1.82, 2.24) is 14.8 Å². The number of primary amides is 1. The van der Waals surface area contributed by atoms with Crippen molar-refractivity contribution in [2.75, 3.05) is 11.1 Å². The first-order valence-electron chi connectivity index (χ1n) is 8.73. The molecule has 0 spiro atoms. The number of nitrogens with one attached hydrogen (secondary N) is 1. The third-order valence-corrected chi connectivity index (χ3v) is 4.76. The minimum absolute atomic E-state index is 0.173.